The van der Waals surface area contributed by atoms with E-state index in [1.54, 1.807) is 30.3 Å². The Morgan fingerprint density at radius 1 is 1.17 bits per heavy atom. The van der Waals surface area contributed by atoms with Gasteiger partial charge in [0.15, 0.2) is 11.6 Å². The van der Waals surface area contributed by atoms with E-state index in [1.165, 1.54) is 17.1 Å². The quantitative estimate of drug-likeness (QED) is 0.676. The number of nitrogens with zero attached hydrogens (tertiary/aromatic N) is 4. The fraction of sp³-hybridized carbons (Fsp3) is 0.263. The minimum atomic E-state index is -0.879. The smallest absolute Gasteiger partial charge is 0.251 e. The monoisotopic (exact) mass is 420 g/mol. The van der Waals surface area contributed by atoms with Gasteiger partial charge >= 0.3 is 0 Å². The molecular formula is C19H19ClF2N6O. The number of aromatic nitrogens is 4. The Labute approximate surface area is 171 Å². The Hall–Kier alpha value is -2.91. The Morgan fingerprint density at radius 3 is 2.79 bits per heavy atom. The summed E-state index contributed by atoms with van der Waals surface area (Å²) in [6.07, 6.45) is 2.15. The summed E-state index contributed by atoms with van der Waals surface area (Å²) in [6.45, 7) is 1.28. The number of piperidine rings is 1. The SMILES string of the molecule is Cl.O=C(NC1CNCCC1c1ccc(F)c(F)c1)c1cccc(-n2cnnn2)c1. The maximum absolute atomic E-state index is 13.7. The molecule has 7 nitrogen and oxygen atoms in total. The lowest BCUT2D eigenvalue weighted by Gasteiger charge is -2.33. The maximum Gasteiger partial charge on any atom is 0.251 e. The van der Waals surface area contributed by atoms with Crippen molar-refractivity contribution in [2.45, 2.75) is 18.4 Å². The highest BCUT2D eigenvalue weighted by atomic mass is 35.5. The molecule has 1 aliphatic rings. The van der Waals surface area contributed by atoms with Gasteiger partial charge in [-0.1, -0.05) is 12.1 Å². The number of halogens is 3. The van der Waals surface area contributed by atoms with Crippen LogP contribution in [0.1, 0.15) is 28.3 Å². The molecule has 0 spiro atoms. The van der Waals surface area contributed by atoms with Crippen molar-refractivity contribution in [2.75, 3.05) is 13.1 Å². The van der Waals surface area contributed by atoms with Gasteiger partial charge in [0.1, 0.15) is 6.33 Å². The molecule has 0 bridgehead atoms. The Morgan fingerprint density at radius 2 is 2.03 bits per heavy atom. The van der Waals surface area contributed by atoms with Gasteiger partial charge in [0.2, 0.25) is 0 Å². The average molecular weight is 421 g/mol. The highest BCUT2D eigenvalue weighted by Gasteiger charge is 2.28. The number of tetrazole rings is 1. The van der Waals surface area contributed by atoms with Crippen molar-refractivity contribution >= 4 is 18.3 Å². The van der Waals surface area contributed by atoms with E-state index in [2.05, 4.69) is 26.2 Å². The van der Waals surface area contributed by atoms with E-state index in [4.69, 9.17) is 0 Å². The van der Waals surface area contributed by atoms with Gasteiger partial charge in [-0.2, -0.15) is 0 Å². The summed E-state index contributed by atoms with van der Waals surface area (Å²) in [4.78, 5) is 12.8. The predicted molar refractivity (Wildman–Crippen MR) is 104 cm³/mol. The molecule has 2 atom stereocenters. The van der Waals surface area contributed by atoms with E-state index < -0.39 is 11.6 Å². The van der Waals surface area contributed by atoms with E-state index >= 15 is 0 Å². The summed E-state index contributed by atoms with van der Waals surface area (Å²) in [5.74, 6) is -2.12. The van der Waals surface area contributed by atoms with Gasteiger partial charge in [-0.25, -0.2) is 13.5 Å². The number of hydrogen-bond donors (Lipinski definition) is 2. The second-order valence-electron chi connectivity index (χ2n) is 6.66. The summed E-state index contributed by atoms with van der Waals surface area (Å²) >= 11 is 0. The van der Waals surface area contributed by atoms with Crippen LogP contribution in [0.4, 0.5) is 8.78 Å². The topological polar surface area (TPSA) is 84.7 Å². The molecular weight excluding hydrogens is 402 g/mol. The third-order valence-electron chi connectivity index (χ3n) is 4.89. The second kappa shape index (κ2) is 9.06. The molecule has 1 saturated heterocycles. The minimum absolute atomic E-state index is 0. The van der Waals surface area contributed by atoms with Gasteiger partial charge in [-0.3, -0.25) is 4.79 Å². The number of nitrogens with one attached hydrogen (secondary N) is 2. The molecule has 0 saturated carbocycles. The molecule has 29 heavy (non-hydrogen) atoms. The molecule has 1 aliphatic heterocycles. The van der Waals surface area contributed by atoms with Gasteiger partial charge in [-0.05, 0) is 59.3 Å². The first-order valence-electron chi connectivity index (χ1n) is 8.92. The van der Waals surface area contributed by atoms with Crippen molar-refractivity contribution in [1.29, 1.82) is 0 Å². The van der Waals surface area contributed by atoms with E-state index in [9.17, 15) is 13.6 Å². The van der Waals surface area contributed by atoms with Gasteiger partial charge < -0.3 is 10.6 Å². The standard InChI is InChI=1S/C19H18F2N6O.ClH/c20-16-5-4-12(9-17(16)21)15-6-7-22-10-18(15)24-19(28)13-2-1-3-14(8-13)27-11-23-25-26-27;/h1-5,8-9,11,15,18,22H,6-7,10H2,(H,24,28);1H. The molecule has 0 radical (unpaired) electrons. The third kappa shape index (κ3) is 4.57. The lowest BCUT2D eigenvalue weighted by molar-refractivity contribution is 0.0924. The van der Waals surface area contributed by atoms with Crippen molar-refractivity contribution < 1.29 is 13.6 Å². The Bertz CT molecular complexity index is 985. The zero-order valence-corrected chi connectivity index (χ0v) is 16.1. The van der Waals surface area contributed by atoms with Gasteiger partial charge in [0.05, 0.1) is 5.69 Å². The van der Waals surface area contributed by atoms with E-state index in [-0.39, 0.29) is 30.3 Å². The number of benzene rings is 2. The Kier molecular flexibility index (Phi) is 6.50. The van der Waals surface area contributed by atoms with E-state index in [1.807, 2.05) is 0 Å². The summed E-state index contributed by atoms with van der Waals surface area (Å²) < 4.78 is 28.4. The van der Waals surface area contributed by atoms with Crippen LogP contribution in [-0.2, 0) is 0 Å². The number of rotatable bonds is 4. The molecule has 152 valence electrons. The molecule has 1 amide bonds. The van der Waals surface area contributed by atoms with Crippen LogP contribution in [0.3, 0.4) is 0 Å². The minimum Gasteiger partial charge on any atom is -0.347 e. The van der Waals surface area contributed by atoms with Crippen molar-refractivity contribution in [2.24, 2.45) is 0 Å². The zero-order chi connectivity index (χ0) is 19.5. The molecule has 1 aromatic heterocycles. The number of carbonyl (C=O) groups is 1. The number of carbonyl (C=O) groups excluding carboxylic acids is 1. The average Bonchev–Trinajstić information content (AvgIpc) is 3.26. The zero-order valence-electron chi connectivity index (χ0n) is 15.3. The van der Waals surface area contributed by atoms with Crippen molar-refractivity contribution in [3.63, 3.8) is 0 Å². The van der Waals surface area contributed by atoms with Crippen molar-refractivity contribution in [1.82, 2.24) is 30.8 Å². The Balaban J connectivity index is 0.00000240. The normalized spacial score (nSPS) is 18.7. The number of amides is 1. The summed E-state index contributed by atoms with van der Waals surface area (Å²) in [6, 6.07) is 10.6. The number of hydrogen-bond acceptors (Lipinski definition) is 5. The molecule has 2 heterocycles. The molecule has 2 N–H and O–H groups in total. The first-order valence-corrected chi connectivity index (χ1v) is 8.92. The van der Waals surface area contributed by atoms with Crippen LogP contribution in [-0.4, -0.2) is 45.2 Å². The molecule has 2 aromatic carbocycles. The summed E-state index contributed by atoms with van der Waals surface area (Å²) in [5, 5.41) is 17.2. The maximum atomic E-state index is 13.7. The van der Waals surface area contributed by atoms with Crippen molar-refractivity contribution in [3.8, 4) is 5.69 Å². The van der Waals surface area contributed by atoms with E-state index in [0.717, 1.165) is 12.6 Å². The predicted octanol–water partition coefficient (Wildman–Crippen LogP) is 2.24. The van der Waals surface area contributed by atoms with E-state index in [0.29, 0.717) is 29.8 Å². The first-order chi connectivity index (χ1) is 13.6. The summed E-state index contributed by atoms with van der Waals surface area (Å²) in [7, 11) is 0. The lowest BCUT2D eigenvalue weighted by atomic mass is 9.85. The second-order valence-corrected chi connectivity index (χ2v) is 6.66. The fourth-order valence-electron chi connectivity index (χ4n) is 3.47. The van der Waals surface area contributed by atoms with Crippen LogP contribution in [0.15, 0.2) is 48.8 Å². The van der Waals surface area contributed by atoms with Crippen LogP contribution in [0.2, 0.25) is 0 Å². The highest BCUT2D eigenvalue weighted by Crippen LogP contribution is 2.27. The van der Waals surface area contributed by atoms with Gasteiger partial charge in [0.25, 0.3) is 5.91 Å². The molecule has 4 rings (SSSR count). The highest BCUT2D eigenvalue weighted by molar-refractivity contribution is 5.95. The molecule has 10 heteroatoms. The van der Waals surface area contributed by atoms with Crippen LogP contribution in [0.5, 0.6) is 0 Å². The lowest BCUT2D eigenvalue weighted by Crippen LogP contribution is -2.50. The molecule has 2 unspecified atom stereocenters. The molecule has 0 aliphatic carbocycles. The summed E-state index contributed by atoms with van der Waals surface area (Å²) in [5.41, 5.74) is 1.80. The molecule has 3 aromatic rings. The van der Waals surface area contributed by atoms with Crippen LogP contribution in [0, 0.1) is 11.6 Å². The van der Waals surface area contributed by atoms with Crippen LogP contribution < -0.4 is 10.6 Å². The van der Waals surface area contributed by atoms with Gasteiger partial charge in [0, 0.05) is 24.1 Å². The largest absolute Gasteiger partial charge is 0.347 e. The molecule has 1 fully saturated rings. The third-order valence-corrected chi connectivity index (χ3v) is 4.89. The van der Waals surface area contributed by atoms with Gasteiger partial charge in [-0.15, -0.1) is 17.5 Å². The first kappa shape index (κ1) is 20.8. The van der Waals surface area contributed by atoms with Crippen molar-refractivity contribution in [3.05, 3.63) is 71.6 Å². The fourth-order valence-corrected chi connectivity index (χ4v) is 3.47. The van der Waals surface area contributed by atoms with Crippen LogP contribution in [0.25, 0.3) is 5.69 Å². The van der Waals surface area contributed by atoms with Crippen LogP contribution >= 0.6 is 12.4 Å².